The average molecular weight is 356 g/mol. The Kier molecular flexibility index (Phi) is 4.82. The van der Waals surface area contributed by atoms with Crippen molar-refractivity contribution in [3.63, 3.8) is 0 Å². The molecule has 0 aliphatic carbocycles. The minimum atomic E-state index is -0.962. The largest absolute Gasteiger partial charge is 0.478 e. The maximum Gasteiger partial charge on any atom is 0.337 e. The van der Waals surface area contributed by atoms with Crippen LogP contribution in [-0.4, -0.2) is 25.8 Å². The fourth-order valence-corrected chi connectivity index (χ4v) is 3.22. The Morgan fingerprint density at radius 3 is 2.80 bits per heavy atom. The molecular weight excluding hydrogens is 342 g/mol. The zero-order valence-electron chi connectivity index (χ0n) is 11.1. The van der Waals surface area contributed by atoms with Gasteiger partial charge < -0.3 is 5.11 Å². The number of aromatic carboxylic acids is 1. The fraction of sp³-hybridized carbons (Fsp3) is 0.308. The van der Waals surface area contributed by atoms with E-state index in [4.69, 9.17) is 5.11 Å². The molecule has 2 rings (SSSR count). The zero-order chi connectivity index (χ0) is 14.7. The van der Waals surface area contributed by atoms with Crippen LogP contribution >= 0.6 is 27.7 Å². The third-order valence-corrected chi connectivity index (χ3v) is 4.78. The minimum absolute atomic E-state index is 0.199. The van der Waals surface area contributed by atoms with Gasteiger partial charge in [-0.1, -0.05) is 0 Å². The van der Waals surface area contributed by atoms with Crippen LogP contribution in [0.5, 0.6) is 0 Å². The van der Waals surface area contributed by atoms with E-state index in [-0.39, 0.29) is 5.56 Å². The lowest BCUT2D eigenvalue weighted by Crippen LogP contribution is -2.02. The molecule has 0 unspecified atom stereocenters. The molecule has 2 aromatic heterocycles. The molecular formula is C13H14BrN3O2S. The van der Waals surface area contributed by atoms with E-state index >= 15 is 0 Å². The highest BCUT2D eigenvalue weighted by Crippen LogP contribution is 2.28. The number of hydrogen-bond acceptors (Lipinski definition) is 4. The monoisotopic (exact) mass is 355 g/mol. The average Bonchev–Trinajstić information content (AvgIpc) is 2.72. The van der Waals surface area contributed by atoms with Crippen LogP contribution in [-0.2, 0) is 12.3 Å². The first kappa shape index (κ1) is 15.1. The van der Waals surface area contributed by atoms with Gasteiger partial charge in [-0.3, -0.25) is 4.68 Å². The van der Waals surface area contributed by atoms with Gasteiger partial charge in [0.15, 0.2) is 0 Å². The molecule has 0 amide bonds. The van der Waals surface area contributed by atoms with Crippen molar-refractivity contribution in [2.75, 3.05) is 0 Å². The molecule has 0 fully saturated rings. The fourth-order valence-electron chi connectivity index (χ4n) is 1.74. The molecule has 0 aromatic carbocycles. The number of pyridine rings is 1. The Bertz CT molecular complexity index is 625. The van der Waals surface area contributed by atoms with Crippen LogP contribution in [0.3, 0.4) is 0 Å². The van der Waals surface area contributed by atoms with Gasteiger partial charge in [-0.2, -0.15) is 5.10 Å². The molecule has 0 saturated heterocycles. The molecule has 1 N–H and O–H groups in total. The zero-order valence-corrected chi connectivity index (χ0v) is 13.5. The van der Waals surface area contributed by atoms with Gasteiger partial charge in [0.05, 0.1) is 26.4 Å². The predicted octanol–water partition coefficient (Wildman–Crippen LogP) is 3.36. The van der Waals surface area contributed by atoms with Crippen LogP contribution in [0, 0.1) is 6.92 Å². The van der Waals surface area contributed by atoms with E-state index in [1.807, 2.05) is 18.5 Å². The SMILES string of the molecule is CCn1nc(C)c(Br)c1CSc1ccc(C(=O)O)cn1. The number of aryl methyl sites for hydroxylation is 2. The Morgan fingerprint density at radius 2 is 2.25 bits per heavy atom. The highest BCUT2D eigenvalue weighted by Gasteiger charge is 2.12. The number of carbonyl (C=O) groups is 1. The second kappa shape index (κ2) is 6.41. The van der Waals surface area contributed by atoms with Crippen molar-refractivity contribution in [3.05, 3.63) is 39.8 Å². The van der Waals surface area contributed by atoms with Crippen LogP contribution < -0.4 is 0 Å². The van der Waals surface area contributed by atoms with Gasteiger partial charge in [0.2, 0.25) is 0 Å². The topological polar surface area (TPSA) is 68.0 Å². The number of halogens is 1. The third kappa shape index (κ3) is 3.21. The Morgan fingerprint density at radius 1 is 1.50 bits per heavy atom. The smallest absolute Gasteiger partial charge is 0.337 e. The molecule has 20 heavy (non-hydrogen) atoms. The van der Waals surface area contributed by atoms with E-state index in [1.165, 1.54) is 6.20 Å². The maximum atomic E-state index is 10.8. The Balaban J connectivity index is 2.10. The highest BCUT2D eigenvalue weighted by atomic mass is 79.9. The first-order valence-electron chi connectivity index (χ1n) is 6.06. The number of rotatable bonds is 5. The summed E-state index contributed by atoms with van der Waals surface area (Å²) in [6.07, 6.45) is 1.38. The van der Waals surface area contributed by atoms with Gasteiger partial charge in [-0.25, -0.2) is 9.78 Å². The Labute approximate surface area is 129 Å². The predicted molar refractivity (Wildman–Crippen MR) is 81.1 cm³/mol. The van der Waals surface area contributed by atoms with Gasteiger partial charge in [-0.15, -0.1) is 11.8 Å². The maximum absolute atomic E-state index is 10.8. The summed E-state index contributed by atoms with van der Waals surface area (Å²) in [7, 11) is 0. The van der Waals surface area contributed by atoms with Gasteiger partial charge in [0, 0.05) is 18.5 Å². The standard InChI is InChI=1S/C13H14BrN3O2S/c1-3-17-10(12(14)8(2)16-17)7-20-11-5-4-9(6-15-11)13(18)19/h4-6H,3,7H2,1-2H3,(H,18,19). The van der Waals surface area contributed by atoms with Crippen LogP contribution in [0.4, 0.5) is 0 Å². The second-order valence-electron chi connectivity index (χ2n) is 4.14. The van der Waals surface area contributed by atoms with Crippen molar-refractivity contribution in [2.24, 2.45) is 0 Å². The van der Waals surface area contributed by atoms with E-state index in [2.05, 4.69) is 26.0 Å². The third-order valence-electron chi connectivity index (χ3n) is 2.79. The van der Waals surface area contributed by atoms with Crippen LogP contribution in [0.15, 0.2) is 27.8 Å². The lowest BCUT2D eigenvalue weighted by molar-refractivity contribution is 0.0696. The van der Waals surface area contributed by atoms with E-state index in [1.54, 1.807) is 23.9 Å². The summed E-state index contributed by atoms with van der Waals surface area (Å²) in [6.45, 7) is 4.82. The lowest BCUT2D eigenvalue weighted by Gasteiger charge is -2.05. The lowest BCUT2D eigenvalue weighted by atomic mass is 10.3. The van der Waals surface area contributed by atoms with Crippen molar-refractivity contribution < 1.29 is 9.90 Å². The molecule has 0 atom stereocenters. The summed E-state index contributed by atoms with van der Waals surface area (Å²) in [6, 6.07) is 3.29. The second-order valence-corrected chi connectivity index (χ2v) is 5.93. The summed E-state index contributed by atoms with van der Waals surface area (Å²) in [5.41, 5.74) is 2.28. The van der Waals surface area contributed by atoms with Crippen molar-refractivity contribution in [3.8, 4) is 0 Å². The van der Waals surface area contributed by atoms with Crippen molar-refractivity contribution in [2.45, 2.75) is 31.2 Å². The van der Waals surface area contributed by atoms with Crippen LogP contribution in [0.1, 0.15) is 28.7 Å². The summed E-state index contributed by atoms with van der Waals surface area (Å²) >= 11 is 5.11. The minimum Gasteiger partial charge on any atom is -0.478 e. The quantitative estimate of drug-likeness (QED) is 0.832. The highest BCUT2D eigenvalue weighted by molar-refractivity contribution is 9.10. The summed E-state index contributed by atoms with van der Waals surface area (Å²) in [5, 5.41) is 14.1. The molecule has 0 spiro atoms. The van der Waals surface area contributed by atoms with Gasteiger partial charge in [0.1, 0.15) is 0 Å². The van der Waals surface area contributed by atoms with Crippen LogP contribution in [0.25, 0.3) is 0 Å². The Hall–Kier alpha value is -1.34. The van der Waals surface area contributed by atoms with Crippen molar-refractivity contribution in [1.29, 1.82) is 0 Å². The molecule has 7 heteroatoms. The summed E-state index contributed by atoms with van der Waals surface area (Å²) in [4.78, 5) is 14.9. The van der Waals surface area contributed by atoms with Gasteiger partial charge >= 0.3 is 5.97 Å². The van der Waals surface area contributed by atoms with E-state index in [9.17, 15) is 4.79 Å². The molecule has 2 heterocycles. The molecule has 0 bridgehead atoms. The number of hydrogen-bond donors (Lipinski definition) is 1. The van der Waals surface area contributed by atoms with Crippen molar-refractivity contribution >= 4 is 33.7 Å². The summed E-state index contributed by atoms with van der Waals surface area (Å²) in [5.74, 6) is -0.231. The van der Waals surface area contributed by atoms with Crippen LogP contribution in [0.2, 0.25) is 0 Å². The molecule has 0 aliphatic heterocycles. The normalized spacial score (nSPS) is 10.8. The number of thioether (sulfide) groups is 1. The number of carboxylic acid groups (broad SMARTS) is 1. The van der Waals surface area contributed by atoms with E-state index in [0.717, 1.165) is 33.2 Å². The molecule has 106 valence electrons. The van der Waals surface area contributed by atoms with Crippen molar-refractivity contribution in [1.82, 2.24) is 14.8 Å². The van der Waals surface area contributed by atoms with Gasteiger partial charge in [-0.05, 0) is 41.9 Å². The van der Waals surface area contributed by atoms with E-state index in [0.29, 0.717) is 0 Å². The van der Waals surface area contributed by atoms with Gasteiger partial charge in [0.25, 0.3) is 0 Å². The molecule has 5 nitrogen and oxygen atoms in total. The summed E-state index contributed by atoms with van der Waals surface area (Å²) < 4.78 is 2.98. The first-order chi connectivity index (χ1) is 9.52. The number of aromatic nitrogens is 3. The first-order valence-corrected chi connectivity index (χ1v) is 7.84. The number of carboxylic acids is 1. The molecule has 0 aliphatic rings. The molecule has 0 radical (unpaired) electrons. The molecule has 0 saturated carbocycles. The number of nitrogens with zero attached hydrogens (tertiary/aromatic N) is 3. The van der Waals surface area contributed by atoms with E-state index < -0.39 is 5.97 Å². The molecule has 2 aromatic rings.